The molecule has 1 aromatic rings. The van der Waals surface area contributed by atoms with E-state index in [0.29, 0.717) is 23.1 Å². The highest BCUT2D eigenvalue weighted by molar-refractivity contribution is 5.62. The number of hydrogen-bond acceptors (Lipinski definition) is 5. The molecule has 228 valence electrons. The fraction of sp³-hybridized carbons (Fsp3) is 0.706. The van der Waals surface area contributed by atoms with Gasteiger partial charge >= 0.3 is 0 Å². The largest absolute Gasteiger partial charge is 0.397 e. The van der Waals surface area contributed by atoms with Gasteiger partial charge in [-0.2, -0.15) is 0 Å². The Morgan fingerprint density at radius 2 is 1.85 bits per heavy atom. The molecule has 5 nitrogen and oxygen atoms in total. The molecule has 0 amide bonds. The topological polar surface area (TPSA) is 93.3 Å². The maximum absolute atomic E-state index is 17.2. The maximum Gasteiger partial charge on any atom is 0.128 e. The first-order valence-electron chi connectivity index (χ1n) is 16.2. The van der Waals surface area contributed by atoms with Gasteiger partial charge in [-0.3, -0.25) is 0 Å². The van der Waals surface area contributed by atoms with Crippen molar-refractivity contribution in [3.8, 4) is 0 Å². The van der Waals surface area contributed by atoms with E-state index in [2.05, 4.69) is 32.2 Å². The minimum atomic E-state index is -1.16. The van der Waals surface area contributed by atoms with Crippen LogP contribution >= 0.6 is 0 Å². The number of rotatable bonds is 11. The minimum Gasteiger partial charge on any atom is -0.397 e. The predicted octanol–water partition coefficient (Wildman–Crippen LogP) is 6.26. The summed E-state index contributed by atoms with van der Waals surface area (Å²) < 4.78 is 30.6. The van der Waals surface area contributed by atoms with E-state index in [1.54, 1.807) is 18.3 Å². The van der Waals surface area contributed by atoms with Gasteiger partial charge in [0.1, 0.15) is 12.0 Å². The zero-order valence-corrected chi connectivity index (χ0v) is 25.6. The fourth-order valence-corrected chi connectivity index (χ4v) is 9.35. The van der Waals surface area contributed by atoms with E-state index in [1.807, 2.05) is 7.05 Å². The van der Waals surface area contributed by atoms with Gasteiger partial charge in [0.25, 0.3) is 0 Å². The molecule has 10 atom stereocenters. The number of unbranched alkanes of at least 4 members (excludes halogenated alkanes) is 1. The van der Waals surface area contributed by atoms with E-state index in [1.165, 1.54) is 54.8 Å². The highest BCUT2D eigenvalue weighted by Crippen LogP contribution is 2.63. The van der Waals surface area contributed by atoms with Crippen molar-refractivity contribution in [3.05, 3.63) is 53.5 Å². The lowest BCUT2D eigenvalue weighted by atomic mass is 9.58. The quantitative estimate of drug-likeness (QED) is 0.109. The SMILES string of the molecule is CCC(C)CCCCC(C)C1CCC2(NC)C1=CC1C2C(F)C(N(N)/C=C(\N)c2ccc(F)cc2)C2CCCC12N. The van der Waals surface area contributed by atoms with Gasteiger partial charge in [0.2, 0.25) is 0 Å². The van der Waals surface area contributed by atoms with E-state index in [0.717, 1.165) is 38.0 Å². The summed E-state index contributed by atoms with van der Waals surface area (Å²) in [4.78, 5) is 0. The zero-order chi connectivity index (χ0) is 29.5. The Labute approximate surface area is 246 Å². The number of hydrogen-bond donors (Lipinski definition) is 4. The molecule has 4 aliphatic rings. The van der Waals surface area contributed by atoms with Crippen LogP contribution in [0.3, 0.4) is 0 Å². The van der Waals surface area contributed by atoms with Gasteiger partial charge in [0, 0.05) is 35.0 Å². The highest BCUT2D eigenvalue weighted by Gasteiger charge is 2.69. The van der Waals surface area contributed by atoms with Crippen LogP contribution in [0.2, 0.25) is 0 Å². The zero-order valence-electron chi connectivity index (χ0n) is 25.6. The number of nitrogens with one attached hydrogen (secondary N) is 1. The molecule has 7 heteroatoms. The molecule has 3 saturated carbocycles. The van der Waals surface area contributed by atoms with Gasteiger partial charge in [-0.1, -0.05) is 70.9 Å². The molecule has 0 spiro atoms. The Morgan fingerprint density at radius 1 is 1.15 bits per heavy atom. The average Bonchev–Trinajstić information content (AvgIpc) is 3.62. The Morgan fingerprint density at radius 3 is 2.54 bits per heavy atom. The van der Waals surface area contributed by atoms with Gasteiger partial charge in [-0.15, -0.1) is 0 Å². The van der Waals surface area contributed by atoms with Crippen LogP contribution in [0, 0.1) is 41.3 Å². The van der Waals surface area contributed by atoms with E-state index >= 15 is 4.39 Å². The molecule has 10 unspecified atom stereocenters. The molecule has 5 rings (SSSR count). The Hall–Kier alpha value is -1.96. The summed E-state index contributed by atoms with van der Waals surface area (Å²) in [6, 6.07) is 5.41. The number of nitrogens with two attached hydrogens (primary N) is 3. The van der Waals surface area contributed by atoms with E-state index in [4.69, 9.17) is 17.3 Å². The summed E-state index contributed by atoms with van der Waals surface area (Å²) >= 11 is 0. The second-order valence-corrected chi connectivity index (χ2v) is 13.9. The summed E-state index contributed by atoms with van der Waals surface area (Å²) in [5.41, 5.74) is 15.3. The van der Waals surface area contributed by atoms with Crippen molar-refractivity contribution in [2.75, 3.05) is 7.05 Å². The highest BCUT2D eigenvalue weighted by atomic mass is 19.1. The summed E-state index contributed by atoms with van der Waals surface area (Å²) in [6.07, 6.45) is 13.9. The van der Waals surface area contributed by atoms with Crippen molar-refractivity contribution in [2.45, 2.75) is 108 Å². The van der Waals surface area contributed by atoms with Crippen molar-refractivity contribution >= 4 is 5.70 Å². The molecule has 0 bridgehead atoms. The molecule has 0 radical (unpaired) electrons. The molecule has 7 N–H and O–H groups in total. The van der Waals surface area contributed by atoms with E-state index < -0.39 is 17.8 Å². The van der Waals surface area contributed by atoms with Gasteiger partial charge in [-0.25, -0.2) is 14.6 Å². The van der Waals surface area contributed by atoms with Gasteiger partial charge in [-0.05, 0) is 80.3 Å². The van der Waals surface area contributed by atoms with E-state index in [9.17, 15) is 4.39 Å². The Bertz CT molecular complexity index is 1120. The van der Waals surface area contributed by atoms with Crippen LogP contribution < -0.4 is 22.6 Å². The van der Waals surface area contributed by atoms with Crippen molar-refractivity contribution in [1.82, 2.24) is 10.3 Å². The molecule has 0 heterocycles. The number of nitrogens with zero attached hydrogens (tertiary/aromatic N) is 1. The molecular weight excluding hydrogens is 516 g/mol. The standard InChI is InChI=1S/C34H53F2N5/c1-5-21(2)9-6-7-10-22(3)25-16-18-34(40-4)27(25)19-28-30(34)31(36)32(26-11-8-17-33(26,28)38)41(39)20-29(37)23-12-14-24(35)15-13-23/h12-15,19-22,25-26,28,30-32,40H,5-11,16-18,37-39H2,1-4H3/b29-20-. The maximum atomic E-state index is 17.2. The Balaban J connectivity index is 1.40. The van der Waals surface area contributed by atoms with Gasteiger partial charge < -0.3 is 21.8 Å². The smallest absolute Gasteiger partial charge is 0.128 e. The summed E-state index contributed by atoms with van der Waals surface area (Å²) in [7, 11) is 2.01. The first-order valence-corrected chi connectivity index (χ1v) is 16.2. The number of fused-ring (bicyclic) bond motifs is 5. The van der Waals surface area contributed by atoms with Crippen molar-refractivity contribution in [1.29, 1.82) is 0 Å². The lowest BCUT2D eigenvalue weighted by molar-refractivity contribution is -0.0578. The van der Waals surface area contributed by atoms with Gasteiger partial charge in [0.15, 0.2) is 0 Å². The summed E-state index contributed by atoms with van der Waals surface area (Å²) in [6.45, 7) is 7.03. The third-order valence-corrected chi connectivity index (χ3v) is 11.8. The summed E-state index contributed by atoms with van der Waals surface area (Å²) in [5.74, 6) is 7.84. The third-order valence-electron chi connectivity index (χ3n) is 11.8. The number of benzene rings is 1. The normalized spacial score (nSPS) is 37.8. The van der Waals surface area contributed by atoms with Crippen LogP contribution in [0.4, 0.5) is 8.78 Å². The van der Waals surface area contributed by atoms with Crippen molar-refractivity contribution in [2.24, 2.45) is 52.8 Å². The third kappa shape index (κ3) is 5.25. The van der Waals surface area contributed by atoms with Crippen LogP contribution in [0.5, 0.6) is 0 Å². The monoisotopic (exact) mass is 569 g/mol. The molecular formula is C34H53F2N5. The molecule has 3 fully saturated rings. The van der Waals surface area contributed by atoms with Crippen LogP contribution in [0.15, 0.2) is 42.1 Å². The summed E-state index contributed by atoms with van der Waals surface area (Å²) in [5, 5.41) is 5.16. The number of likely N-dealkylation sites (N-methyl/N-ethyl adjacent to an activating group) is 1. The molecule has 4 aliphatic carbocycles. The van der Waals surface area contributed by atoms with Crippen LogP contribution in [0.25, 0.3) is 5.70 Å². The fourth-order valence-electron chi connectivity index (χ4n) is 9.35. The van der Waals surface area contributed by atoms with E-state index in [-0.39, 0.29) is 29.1 Å². The first kappa shape index (κ1) is 30.5. The van der Waals surface area contributed by atoms with Crippen molar-refractivity contribution in [3.63, 3.8) is 0 Å². The molecule has 0 saturated heterocycles. The Kier molecular flexibility index (Phi) is 8.90. The first-order chi connectivity index (χ1) is 19.6. The second-order valence-electron chi connectivity index (χ2n) is 13.9. The number of halogens is 2. The molecule has 41 heavy (non-hydrogen) atoms. The molecule has 0 aromatic heterocycles. The van der Waals surface area contributed by atoms with Gasteiger partial charge in [0.05, 0.1) is 11.7 Å². The lowest BCUT2D eigenvalue weighted by Gasteiger charge is -2.55. The van der Waals surface area contributed by atoms with Crippen LogP contribution in [0.1, 0.15) is 90.5 Å². The predicted molar refractivity (Wildman–Crippen MR) is 164 cm³/mol. The number of alkyl halides is 1. The average molecular weight is 570 g/mol. The second kappa shape index (κ2) is 12.0. The molecule has 0 aliphatic heterocycles. The molecule has 1 aromatic carbocycles. The number of hydrazine groups is 1. The van der Waals surface area contributed by atoms with Crippen LogP contribution in [-0.2, 0) is 0 Å². The van der Waals surface area contributed by atoms with Crippen LogP contribution in [-0.4, -0.2) is 35.3 Å². The minimum absolute atomic E-state index is 0.00377. The van der Waals surface area contributed by atoms with Crippen molar-refractivity contribution < 1.29 is 8.78 Å². The lowest BCUT2D eigenvalue weighted by Crippen LogP contribution is -2.70.